The van der Waals surface area contributed by atoms with Crippen LogP contribution in [0.1, 0.15) is 37.1 Å². The maximum atomic E-state index is 6.26. The van der Waals surface area contributed by atoms with E-state index >= 15 is 0 Å². The summed E-state index contributed by atoms with van der Waals surface area (Å²) in [6.45, 7) is 4.53. The van der Waals surface area contributed by atoms with E-state index in [4.69, 9.17) is 11.6 Å². The molecule has 0 aliphatic carbocycles. The highest BCUT2D eigenvalue weighted by atomic mass is 79.9. The average Bonchev–Trinajstić information content (AvgIpc) is 2.39. The minimum Gasteiger partial charge on any atom is -0.0837 e. The molecule has 0 amide bonds. The van der Waals surface area contributed by atoms with Crippen LogP contribution in [0, 0.1) is 5.92 Å². The standard InChI is InChI=1S/C16H18BrCl/c1-3-6-11(2)16(17)14-9-10-15(18)13-8-5-4-7-12(13)14/h4-5,7-11,16H,3,6H2,1-2H3. The summed E-state index contributed by atoms with van der Waals surface area (Å²) >= 11 is 10.1. The van der Waals surface area contributed by atoms with Gasteiger partial charge in [-0.15, -0.1) is 0 Å². The molecule has 2 heteroatoms. The van der Waals surface area contributed by atoms with Crippen LogP contribution in [-0.2, 0) is 0 Å². The molecule has 0 N–H and O–H groups in total. The van der Waals surface area contributed by atoms with Crippen LogP contribution in [0.5, 0.6) is 0 Å². The van der Waals surface area contributed by atoms with Gasteiger partial charge in [0.15, 0.2) is 0 Å². The van der Waals surface area contributed by atoms with Gasteiger partial charge in [0.25, 0.3) is 0 Å². The molecule has 0 nitrogen and oxygen atoms in total. The summed E-state index contributed by atoms with van der Waals surface area (Å²) in [6.07, 6.45) is 2.45. The number of fused-ring (bicyclic) bond motifs is 1. The highest BCUT2D eigenvalue weighted by molar-refractivity contribution is 9.09. The normalized spacial score (nSPS) is 14.7. The first-order valence-electron chi connectivity index (χ1n) is 6.46. The minimum atomic E-state index is 0.389. The summed E-state index contributed by atoms with van der Waals surface area (Å²) in [5.41, 5.74) is 1.34. The fourth-order valence-electron chi connectivity index (χ4n) is 2.43. The second kappa shape index (κ2) is 6.08. The van der Waals surface area contributed by atoms with Gasteiger partial charge in [0.2, 0.25) is 0 Å². The molecule has 96 valence electrons. The summed E-state index contributed by atoms with van der Waals surface area (Å²) in [5.74, 6) is 0.625. The third-order valence-corrected chi connectivity index (χ3v) is 5.17. The zero-order valence-corrected chi connectivity index (χ0v) is 13.1. The van der Waals surface area contributed by atoms with Crippen LogP contribution in [0.4, 0.5) is 0 Å². The van der Waals surface area contributed by atoms with Crippen LogP contribution in [0.25, 0.3) is 10.8 Å². The molecule has 2 atom stereocenters. The van der Waals surface area contributed by atoms with Crippen molar-refractivity contribution in [3.05, 3.63) is 47.0 Å². The van der Waals surface area contributed by atoms with E-state index in [1.807, 2.05) is 12.1 Å². The quantitative estimate of drug-likeness (QED) is 0.573. The molecule has 0 aliphatic rings. The van der Waals surface area contributed by atoms with E-state index in [2.05, 4.69) is 54.0 Å². The molecule has 0 bridgehead atoms. The smallest absolute Gasteiger partial charge is 0.0484 e. The Kier molecular flexibility index (Phi) is 4.69. The zero-order valence-electron chi connectivity index (χ0n) is 10.8. The predicted molar refractivity (Wildman–Crippen MR) is 84.7 cm³/mol. The van der Waals surface area contributed by atoms with E-state index in [0.717, 1.165) is 10.4 Å². The second-order valence-electron chi connectivity index (χ2n) is 4.85. The van der Waals surface area contributed by atoms with Crippen LogP contribution >= 0.6 is 27.5 Å². The number of alkyl halides is 1. The number of benzene rings is 2. The lowest BCUT2D eigenvalue weighted by atomic mass is 9.93. The van der Waals surface area contributed by atoms with Crippen molar-refractivity contribution < 1.29 is 0 Å². The first-order chi connectivity index (χ1) is 8.65. The van der Waals surface area contributed by atoms with Crippen molar-refractivity contribution in [2.75, 3.05) is 0 Å². The van der Waals surface area contributed by atoms with Gasteiger partial charge in [-0.2, -0.15) is 0 Å². The molecule has 0 saturated heterocycles. The second-order valence-corrected chi connectivity index (χ2v) is 6.24. The van der Waals surface area contributed by atoms with Crippen molar-refractivity contribution in [1.29, 1.82) is 0 Å². The molecular weight excluding hydrogens is 308 g/mol. The molecule has 0 saturated carbocycles. The fourth-order valence-corrected chi connectivity index (χ4v) is 3.33. The van der Waals surface area contributed by atoms with Gasteiger partial charge in [0, 0.05) is 15.2 Å². The monoisotopic (exact) mass is 324 g/mol. The van der Waals surface area contributed by atoms with Crippen molar-refractivity contribution in [1.82, 2.24) is 0 Å². The van der Waals surface area contributed by atoms with Gasteiger partial charge in [0.05, 0.1) is 0 Å². The molecular formula is C16H18BrCl. The number of hydrogen-bond acceptors (Lipinski definition) is 0. The predicted octanol–water partition coefficient (Wildman–Crippen LogP) is 6.37. The Morgan fingerprint density at radius 2 is 1.78 bits per heavy atom. The van der Waals surface area contributed by atoms with Crippen molar-refractivity contribution in [2.45, 2.75) is 31.5 Å². The largest absolute Gasteiger partial charge is 0.0837 e. The summed E-state index contributed by atoms with van der Waals surface area (Å²) in [7, 11) is 0. The lowest BCUT2D eigenvalue weighted by Gasteiger charge is -2.20. The maximum absolute atomic E-state index is 6.26. The van der Waals surface area contributed by atoms with Gasteiger partial charge in [-0.1, -0.05) is 78.1 Å². The van der Waals surface area contributed by atoms with E-state index in [1.54, 1.807) is 0 Å². The van der Waals surface area contributed by atoms with Gasteiger partial charge in [-0.05, 0) is 29.4 Å². The van der Waals surface area contributed by atoms with Crippen LogP contribution in [0.15, 0.2) is 36.4 Å². The van der Waals surface area contributed by atoms with E-state index in [-0.39, 0.29) is 0 Å². The summed E-state index contributed by atoms with van der Waals surface area (Å²) < 4.78 is 0. The van der Waals surface area contributed by atoms with Crippen LogP contribution < -0.4 is 0 Å². The molecule has 0 aromatic heterocycles. The molecule has 0 aliphatic heterocycles. The Labute approximate surface area is 122 Å². The molecule has 2 rings (SSSR count). The Morgan fingerprint density at radius 3 is 2.44 bits per heavy atom. The number of halogens is 2. The molecule has 2 aromatic carbocycles. The van der Waals surface area contributed by atoms with Crippen LogP contribution in [0.3, 0.4) is 0 Å². The molecule has 0 spiro atoms. The highest BCUT2D eigenvalue weighted by Gasteiger charge is 2.18. The van der Waals surface area contributed by atoms with Crippen LogP contribution in [0.2, 0.25) is 5.02 Å². The summed E-state index contributed by atoms with van der Waals surface area (Å²) in [6, 6.07) is 12.5. The van der Waals surface area contributed by atoms with Crippen molar-refractivity contribution in [3.8, 4) is 0 Å². The third-order valence-electron chi connectivity index (χ3n) is 3.45. The molecule has 0 fully saturated rings. The molecule has 2 unspecified atom stereocenters. The molecule has 0 radical (unpaired) electrons. The Balaban J connectivity index is 2.48. The van der Waals surface area contributed by atoms with Crippen molar-refractivity contribution in [3.63, 3.8) is 0 Å². The first kappa shape index (κ1) is 13.9. The van der Waals surface area contributed by atoms with Gasteiger partial charge >= 0.3 is 0 Å². The van der Waals surface area contributed by atoms with E-state index < -0.39 is 0 Å². The Hall–Kier alpha value is -0.530. The fraction of sp³-hybridized carbons (Fsp3) is 0.375. The SMILES string of the molecule is CCCC(C)C(Br)c1ccc(Cl)c2ccccc12. The lowest BCUT2D eigenvalue weighted by Crippen LogP contribution is -2.03. The van der Waals surface area contributed by atoms with E-state index in [0.29, 0.717) is 10.7 Å². The summed E-state index contributed by atoms with van der Waals surface area (Å²) in [4.78, 5) is 0.389. The maximum Gasteiger partial charge on any atom is 0.0484 e. The van der Waals surface area contributed by atoms with Crippen LogP contribution in [-0.4, -0.2) is 0 Å². The average molecular weight is 326 g/mol. The molecule has 0 heterocycles. The van der Waals surface area contributed by atoms with E-state index in [1.165, 1.54) is 23.8 Å². The zero-order chi connectivity index (χ0) is 13.1. The van der Waals surface area contributed by atoms with Gasteiger partial charge in [0.1, 0.15) is 0 Å². The highest BCUT2D eigenvalue weighted by Crippen LogP contribution is 2.39. The van der Waals surface area contributed by atoms with Gasteiger partial charge < -0.3 is 0 Å². The van der Waals surface area contributed by atoms with E-state index in [9.17, 15) is 0 Å². The van der Waals surface area contributed by atoms with Crippen molar-refractivity contribution in [2.24, 2.45) is 5.92 Å². The lowest BCUT2D eigenvalue weighted by molar-refractivity contribution is 0.520. The third kappa shape index (κ3) is 2.73. The molecule has 2 aromatic rings. The Morgan fingerprint density at radius 1 is 1.11 bits per heavy atom. The van der Waals surface area contributed by atoms with Gasteiger partial charge in [-0.3, -0.25) is 0 Å². The van der Waals surface area contributed by atoms with Crippen molar-refractivity contribution >= 4 is 38.3 Å². The Bertz CT molecular complexity index is 536. The summed E-state index contributed by atoms with van der Waals surface area (Å²) in [5, 5.41) is 3.23. The minimum absolute atomic E-state index is 0.389. The number of hydrogen-bond donors (Lipinski definition) is 0. The molecule has 18 heavy (non-hydrogen) atoms. The van der Waals surface area contributed by atoms with Gasteiger partial charge in [-0.25, -0.2) is 0 Å². The number of rotatable bonds is 4. The topological polar surface area (TPSA) is 0 Å². The first-order valence-corrected chi connectivity index (χ1v) is 7.75.